The minimum atomic E-state index is 0.368. The third kappa shape index (κ3) is 2.43. The zero-order valence-corrected chi connectivity index (χ0v) is 10.7. The lowest BCUT2D eigenvalue weighted by atomic mass is 9.68. The molecule has 2 atom stereocenters. The largest absolute Gasteiger partial charge is 0.327 e. The van der Waals surface area contributed by atoms with Crippen LogP contribution < -0.4 is 5.73 Å². The minimum Gasteiger partial charge on any atom is -0.327 e. The summed E-state index contributed by atoms with van der Waals surface area (Å²) in [6.45, 7) is 6.91. The van der Waals surface area contributed by atoms with Crippen LogP contribution in [0.3, 0.4) is 0 Å². The van der Waals surface area contributed by atoms with E-state index in [9.17, 15) is 0 Å². The van der Waals surface area contributed by atoms with E-state index >= 15 is 0 Å². The Hall–Kier alpha value is -0.340. The Morgan fingerprint density at radius 2 is 2.20 bits per heavy atom. The van der Waals surface area contributed by atoms with E-state index in [1.165, 1.54) is 29.7 Å². The molecule has 0 spiro atoms. The van der Waals surface area contributed by atoms with Gasteiger partial charge in [-0.3, -0.25) is 0 Å². The number of aryl methyl sites for hydroxylation is 1. The van der Waals surface area contributed by atoms with Gasteiger partial charge in [0.2, 0.25) is 0 Å². The highest BCUT2D eigenvalue weighted by molar-refractivity contribution is 7.10. The Bertz CT molecular complexity index is 340. The van der Waals surface area contributed by atoms with Crippen molar-refractivity contribution in [3.05, 3.63) is 21.9 Å². The fourth-order valence-corrected chi connectivity index (χ4v) is 3.40. The maximum absolute atomic E-state index is 6.25. The molecule has 0 aliphatic heterocycles. The minimum absolute atomic E-state index is 0.368. The lowest BCUT2D eigenvalue weighted by Crippen LogP contribution is -2.37. The van der Waals surface area contributed by atoms with Crippen molar-refractivity contribution in [2.45, 2.75) is 52.0 Å². The average Bonchev–Trinajstić information content (AvgIpc) is 2.56. The van der Waals surface area contributed by atoms with Crippen molar-refractivity contribution < 1.29 is 0 Å². The van der Waals surface area contributed by atoms with Crippen molar-refractivity contribution in [3.63, 3.8) is 0 Å². The van der Waals surface area contributed by atoms with Gasteiger partial charge in [-0.1, -0.05) is 13.8 Å². The second-order valence-electron chi connectivity index (χ2n) is 5.67. The standard InChI is InChI=1S/C13H21NS/c1-9-6-10(8-15-9)11-7-13(2,3)5-4-12(11)14/h6,8,11-12H,4-5,7,14H2,1-3H3. The maximum Gasteiger partial charge on any atom is 0.0109 e. The number of nitrogens with two attached hydrogens (primary N) is 1. The average molecular weight is 223 g/mol. The molecule has 2 unspecified atom stereocenters. The third-order valence-electron chi connectivity index (χ3n) is 3.62. The van der Waals surface area contributed by atoms with E-state index in [4.69, 9.17) is 5.73 Å². The van der Waals surface area contributed by atoms with Crippen LogP contribution in [-0.4, -0.2) is 6.04 Å². The van der Waals surface area contributed by atoms with Crippen LogP contribution in [0.1, 0.15) is 49.5 Å². The molecule has 2 rings (SSSR count). The summed E-state index contributed by atoms with van der Waals surface area (Å²) in [5.74, 6) is 0.582. The van der Waals surface area contributed by atoms with Crippen molar-refractivity contribution in [2.75, 3.05) is 0 Å². The summed E-state index contributed by atoms with van der Waals surface area (Å²) in [6, 6.07) is 2.68. The molecule has 2 N–H and O–H groups in total. The molecule has 0 aromatic carbocycles. The van der Waals surface area contributed by atoms with Gasteiger partial charge in [-0.15, -0.1) is 11.3 Å². The van der Waals surface area contributed by atoms with Crippen molar-refractivity contribution in [1.82, 2.24) is 0 Å². The van der Waals surface area contributed by atoms with Crippen molar-refractivity contribution >= 4 is 11.3 Å². The number of rotatable bonds is 1. The van der Waals surface area contributed by atoms with E-state index in [-0.39, 0.29) is 0 Å². The van der Waals surface area contributed by atoms with Gasteiger partial charge in [-0.25, -0.2) is 0 Å². The van der Waals surface area contributed by atoms with Crippen molar-refractivity contribution in [2.24, 2.45) is 11.1 Å². The molecule has 0 bridgehead atoms. The van der Waals surface area contributed by atoms with Crippen LogP contribution in [0.2, 0.25) is 0 Å². The first-order chi connectivity index (χ1) is 6.98. The predicted molar refractivity (Wildman–Crippen MR) is 67.4 cm³/mol. The Morgan fingerprint density at radius 3 is 2.80 bits per heavy atom. The van der Waals surface area contributed by atoms with Crippen LogP contribution in [0.4, 0.5) is 0 Å². The van der Waals surface area contributed by atoms with Gasteiger partial charge in [0.15, 0.2) is 0 Å². The summed E-state index contributed by atoms with van der Waals surface area (Å²) in [5, 5.41) is 2.29. The summed E-state index contributed by atoms with van der Waals surface area (Å²) in [4.78, 5) is 1.40. The number of hydrogen-bond acceptors (Lipinski definition) is 2. The fourth-order valence-electron chi connectivity index (χ4n) is 2.63. The van der Waals surface area contributed by atoms with Crippen molar-refractivity contribution in [1.29, 1.82) is 0 Å². The van der Waals surface area contributed by atoms with E-state index in [1.807, 2.05) is 11.3 Å². The molecular formula is C13H21NS. The van der Waals surface area contributed by atoms with Crippen LogP contribution in [0.5, 0.6) is 0 Å². The lowest BCUT2D eigenvalue weighted by molar-refractivity contribution is 0.199. The molecule has 1 aliphatic carbocycles. The Kier molecular flexibility index (Phi) is 2.91. The van der Waals surface area contributed by atoms with E-state index in [1.54, 1.807) is 0 Å². The molecule has 1 heterocycles. The fraction of sp³-hybridized carbons (Fsp3) is 0.692. The molecule has 2 heteroatoms. The summed E-state index contributed by atoms with van der Waals surface area (Å²) >= 11 is 1.84. The molecule has 1 saturated carbocycles. The SMILES string of the molecule is Cc1cc(C2CC(C)(C)CCC2N)cs1. The summed E-state index contributed by atoms with van der Waals surface area (Å²) < 4.78 is 0. The third-order valence-corrected chi connectivity index (χ3v) is 4.50. The summed E-state index contributed by atoms with van der Waals surface area (Å²) in [5.41, 5.74) is 8.18. The van der Waals surface area contributed by atoms with Gasteiger partial charge in [-0.05, 0) is 48.6 Å². The van der Waals surface area contributed by atoms with Gasteiger partial charge < -0.3 is 5.73 Å². The van der Waals surface area contributed by atoms with Crippen LogP contribution in [0.15, 0.2) is 11.4 Å². The molecule has 1 aromatic heterocycles. The number of thiophene rings is 1. The normalized spacial score (nSPS) is 30.4. The highest BCUT2D eigenvalue weighted by Gasteiger charge is 2.34. The van der Waals surface area contributed by atoms with E-state index in [2.05, 4.69) is 32.2 Å². The van der Waals surface area contributed by atoms with Gasteiger partial charge >= 0.3 is 0 Å². The molecule has 0 amide bonds. The topological polar surface area (TPSA) is 26.0 Å². The van der Waals surface area contributed by atoms with Crippen molar-refractivity contribution in [3.8, 4) is 0 Å². The quantitative estimate of drug-likeness (QED) is 0.772. The molecular weight excluding hydrogens is 202 g/mol. The predicted octanol–water partition coefficient (Wildman–Crippen LogP) is 3.68. The first kappa shape index (κ1) is 11.2. The highest BCUT2D eigenvalue weighted by atomic mass is 32.1. The monoisotopic (exact) mass is 223 g/mol. The van der Waals surface area contributed by atoms with E-state index in [0.717, 1.165) is 0 Å². The first-order valence-corrected chi connectivity index (χ1v) is 6.66. The molecule has 1 fully saturated rings. The molecule has 15 heavy (non-hydrogen) atoms. The first-order valence-electron chi connectivity index (χ1n) is 5.78. The second-order valence-corrected chi connectivity index (χ2v) is 6.78. The Morgan fingerprint density at radius 1 is 1.47 bits per heavy atom. The summed E-state index contributed by atoms with van der Waals surface area (Å²) in [7, 11) is 0. The molecule has 84 valence electrons. The highest BCUT2D eigenvalue weighted by Crippen LogP contribution is 2.43. The van der Waals surface area contributed by atoms with Crippen LogP contribution >= 0.6 is 11.3 Å². The molecule has 1 aliphatic rings. The van der Waals surface area contributed by atoms with Crippen LogP contribution in [0, 0.1) is 12.3 Å². The van der Waals surface area contributed by atoms with Gasteiger partial charge in [0.05, 0.1) is 0 Å². The van der Waals surface area contributed by atoms with Gasteiger partial charge in [0, 0.05) is 16.8 Å². The van der Waals surface area contributed by atoms with Crippen LogP contribution in [-0.2, 0) is 0 Å². The second kappa shape index (κ2) is 3.91. The lowest BCUT2D eigenvalue weighted by Gasteiger charge is -2.39. The molecule has 0 radical (unpaired) electrons. The zero-order valence-electron chi connectivity index (χ0n) is 9.92. The van der Waals surface area contributed by atoms with Crippen LogP contribution in [0.25, 0.3) is 0 Å². The van der Waals surface area contributed by atoms with Gasteiger partial charge in [0.1, 0.15) is 0 Å². The van der Waals surface area contributed by atoms with Gasteiger partial charge in [0.25, 0.3) is 0 Å². The summed E-state index contributed by atoms with van der Waals surface area (Å²) in [6.07, 6.45) is 3.69. The maximum atomic E-state index is 6.25. The molecule has 0 saturated heterocycles. The number of hydrogen-bond donors (Lipinski definition) is 1. The Labute approximate surface area is 96.7 Å². The van der Waals surface area contributed by atoms with E-state index in [0.29, 0.717) is 17.4 Å². The zero-order chi connectivity index (χ0) is 11.1. The molecule has 1 aromatic rings. The Balaban J connectivity index is 2.19. The molecule has 1 nitrogen and oxygen atoms in total. The van der Waals surface area contributed by atoms with E-state index < -0.39 is 0 Å². The smallest absolute Gasteiger partial charge is 0.0109 e. The van der Waals surface area contributed by atoms with Gasteiger partial charge in [-0.2, -0.15) is 0 Å².